The fourth-order valence-electron chi connectivity index (χ4n) is 4.38. The summed E-state index contributed by atoms with van der Waals surface area (Å²) in [6.07, 6.45) is -3.65. The molecule has 0 radical (unpaired) electrons. The second kappa shape index (κ2) is 11.7. The van der Waals surface area contributed by atoms with Gasteiger partial charge in [0.25, 0.3) is 10.0 Å². The molecule has 1 aromatic heterocycles. The molecule has 43 heavy (non-hydrogen) atoms. The Hall–Kier alpha value is -4.33. The lowest BCUT2D eigenvalue weighted by molar-refractivity contribution is -0.139. The number of hydrogen-bond acceptors (Lipinski definition) is 6. The molecular weight excluding hydrogens is 615 g/mol. The molecule has 0 aliphatic carbocycles. The zero-order valence-electron chi connectivity index (χ0n) is 21.7. The Morgan fingerprint density at radius 3 is 2.40 bits per heavy atom. The quantitative estimate of drug-likeness (QED) is 0.156. The Kier molecular flexibility index (Phi) is 8.23. The molecule has 3 N–H and O–H groups in total. The summed E-state index contributed by atoms with van der Waals surface area (Å²) >= 11 is 5.74. The number of aromatic nitrogens is 2. The number of fused-ring (bicyclic) bond motifs is 1. The number of nitrogens with one attached hydrogen (secondary N) is 2. The summed E-state index contributed by atoms with van der Waals surface area (Å²) in [6, 6.07) is 16.3. The van der Waals surface area contributed by atoms with E-state index in [0.717, 1.165) is 23.8 Å². The van der Waals surface area contributed by atoms with Crippen molar-refractivity contribution in [1.82, 2.24) is 9.97 Å². The predicted octanol–water partition coefficient (Wildman–Crippen LogP) is 7.19. The van der Waals surface area contributed by atoms with E-state index in [9.17, 15) is 31.1 Å². The molecule has 14 heteroatoms. The first-order valence-electron chi connectivity index (χ1n) is 12.4. The predicted molar refractivity (Wildman–Crippen MR) is 152 cm³/mol. The third-order valence-corrected chi connectivity index (χ3v) is 8.07. The van der Waals surface area contributed by atoms with Crippen LogP contribution in [0.1, 0.15) is 17.2 Å². The lowest BCUT2D eigenvalue weighted by Gasteiger charge is -2.17. The van der Waals surface area contributed by atoms with Gasteiger partial charge >= 0.3 is 6.18 Å². The summed E-state index contributed by atoms with van der Waals surface area (Å²) in [5.41, 5.74) is -1.74. The maximum absolute atomic E-state index is 15.6. The summed E-state index contributed by atoms with van der Waals surface area (Å²) in [5, 5.41) is 12.9. The van der Waals surface area contributed by atoms with Crippen LogP contribution < -0.4 is 10.0 Å². The lowest BCUT2D eigenvalue weighted by Crippen LogP contribution is -2.19. The first kappa shape index (κ1) is 30.1. The fourth-order valence-corrected chi connectivity index (χ4v) is 5.93. The highest BCUT2D eigenvalue weighted by Gasteiger charge is 2.37. The lowest BCUT2D eigenvalue weighted by atomic mass is 10.0. The standard InChI is InChI=1S/C29H20ClF5N4O3S/c30-19-7-8-20(29(33,34)35)25(13-19)43(41,42)39-23-11-9-21(31)26(27(23)32)17-6-10-22-18(12-17)14-36-28(37-22)38-24(15-40)16-4-2-1-3-5-16/h1-14,24,39-40H,15H2,(H,36,37,38)/t24-/m1/s1. The first-order chi connectivity index (χ1) is 20.4. The Bertz CT molecular complexity index is 1930. The van der Waals surface area contributed by atoms with E-state index in [1.54, 1.807) is 4.72 Å². The third-order valence-electron chi connectivity index (χ3n) is 6.43. The van der Waals surface area contributed by atoms with Gasteiger partial charge in [-0.05, 0) is 53.6 Å². The van der Waals surface area contributed by atoms with Gasteiger partial charge in [0.2, 0.25) is 5.95 Å². The smallest absolute Gasteiger partial charge is 0.394 e. The normalized spacial score (nSPS) is 12.7. The van der Waals surface area contributed by atoms with Crippen LogP contribution in [0.3, 0.4) is 0 Å². The molecule has 4 aromatic carbocycles. The number of aliphatic hydroxyl groups excluding tert-OH is 1. The van der Waals surface area contributed by atoms with Crippen molar-refractivity contribution in [2.24, 2.45) is 0 Å². The van der Waals surface area contributed by atoms with Crippen LogP contribution in [0.4, 0.5) is 33.6 Å². The molecule has 0 aliphatic rings. The average molecular weight is 635 g/mol. The maximum atomic E-state index is 15.6. The van der Waals surface area contributed by atoms with Crippen molar-refractivity contribution < 1.29 is 35.5 Å². The van der Waals surface area contributed by atoms with Gasteiger partial charge in [-0.15, -0.1) is 0 Å². The number of rotatable bonds is 8. The molecule has 0 spiro atoms. The number of halogens is 6. The van der Waals surface area contributed by atoms with Crippen LogP contribution in [0.25, 0.3) is 22.0 Å². The zero-order chi connectivity index (χ0) is 30.9. The molecule has 5 aromatic rings. The van der Waals surface area contributed by atoms with Gasteiger partial charge in [-0.2, -0.15) is 13.2 Å². The highest BCUT2D eigenvalue weighted by Crippen LogP contribution is 2.38. The molecule has 0 saturated carbocycles. The number of aliphatic hydroxyl groups is 1. The number of hydrogen-bond donors (Lipinski definition) is 3. The number of anilines is 2. The van der Waals surface area contributed by atoms with Crippen molar-refractivity contribution in [1.29, 1.82) is 0 Å². The van der Waals surface area contributed by atoms with Gasteiger partial charge in [0.1, 0.15) is 10.7 Å². The SMILES string of the molecule is O=S(=O)(Nc1ccc(F)c(-c2ccc3nc(N[C@H](CO)c4ccccc4)ncc3c2)c1F)c1cc(Cl)ccc1C(F)(F)F. The van der Waals surface area contributed by atoms with Crippen molar-refractivity contribution in [2.75, 3.05) is 16.6 Å². The van der Waals surface area contributed by atoms with E-state index in [2.05, 4.69) is 15.3 Å². The molecule has 0 bridgehead atoms. The largest absolute Gasteiger partial charge is 0.417 e. The molecule has 0 unspecified atom stereocenters. The van der Waals surface area contributed by atoms with Gasteiger partial charge in [-0.3, -0.25) is 4.72 Å². The molecule has 1 heterocycles. The Morgan fingerprint density at radius 2 is 1.70 bits per heavy atom. The minimum Gasteiger partial charge on any atom is -0.394 e. The molecular formula is C29H20ClF5N4O3S. The number of nitrogens with zero attached hydrogens (tertiary/aromatic N) is 2. The minimum absolute atomic E-state index is 0.0101. The van der Waals surface area contributed by atoms with Gasteiger partial charge in [-0.25, -0.2) is 27.2 Å². The fraction of sp³-hybridized carbons (Fsp3) is 0.103. The van der Waals surface area contributed by atoms with E-state index >= 15 is 4.39 Å². The van der Waals surface area contributed by atoms with Crippen LogP contribution in [0.2, 0.25) is 5.02 Å². The zero-order valence-corrected chi connectivity index (χ0v) is 23.3. The van der Waals surface area contributed by atoms with Crippen LogP contribution in [-0.2, 0) is 16.2 Å². The molecule has 0 fully saturated rings. The van der Waals surface area contributed by atoms with E-state index in [4.69, 9.17) is 11.6 Å². The van der Waals surface area contributed by atoms with Crippen molar-refractivity contribution in [3.05, 3.63) is 113 Å². The van der Waals surface area contributed by atoms with Gasteiger partial charge in [0.15, 0.2) is 5.82 Å². The second-order valence-corrected chi connectivity index (χ2v) is 11.4. The molecule has 222 valence electrons. The second-order valence-electron chi connectivity index (χ2n) is 9.29. The van der Waals surface area contributed by atoms with E-state index < -0.39 is 55.6 Å². The van der Waals surface area contributed by atoms with E-state index in [1.807, 2.05) is 30.3 Å². The van der Waals surface area contributed by atoms with E-state index in [-0.39, 0.29) is 23.1 Å². The minimum atomic E-state index is -5.05. The summed E-state index contributed by atoms with van der Waals surface area (Å²) in [4.78, 5) is 7.39. The van der Waals surface area contributed by atoms with Gasteiger partial charge in [0.05, 0.1) is 35.0 Å². The number of alkyl halides is 3. The third kappa shape index (κ3) is 6.38. The average Bonchev–Trinajstić information content (AvgIpc) is 2.97. The first-order valence-corrected chi connectivity index (χ1v) is 14.3. The van der Waals surface area contributed by atoms with E-state index in [1.165, 1.54) is 24.4 Å². The maximum Gasteiger partial charge on any atom is 0.417 e. The molecule has 0 saturated heterocycles. The van der Waals surface area contributed by atoms with Crippen molar-refractivity contribution in [3.63, 3.8) is 0 Å². The van der Waals surface area contributed by atoms with Crippen LogP contribution in [0.5, 0.6) is 0 Å². The van der Waals surface area contributed by atoms with Gasteiger partial charge in [0, 0.05) is 16.6 Å². The number of sulfonamides is 1. The topological polar surface area (TPSA) is 104 Å². The Balaban J connectivity index is 1.47. The van der Waals surface area contributed by atoms with Gasteiger partial charge < -0.3 is 10.4 Å². The summed E-state index contributed by atoms with van der Waals surface area (Å²) < 4.78 is 98.6. The van der Waals surface area contributed by atoms with Crippen LogP contribution >= 0.6 is 11.6 Å². The van der Waals surface area contributed by atoms with E-state index in [0.29, 0.717) is 23.0 Å². The van der Waals surface area contributed by atoms with Crippen LogP contribution in [0.15, 0.2) is 90.0 Å². The summed E-state index contributed by atoms with van der Waals surface area (Å²) in [5.74, 6) is -2.21. The monoisotopic (exact) mass is 634 g/mol. The highest BCUT2D eigenvalue weighted by molar-refractivity contribution is 7.92. The van der Waals surface area contributed by atoms with Crippen molar-refractivity contribution in [3.8, 4) is 11.1 Å². The Labute approximate surface area is 247 Å². The number of benzene rings is 4. The summed E-state index contributed by atoms with van der Waals surface area (Å²) in [6.45, 7) is -0.238. The van der Waals surface area contributed by atoms with Crippen molar-refractivity contribution in [2.45, 2.75) is 17.1 Å². The Morgan fingerprint density at radius 1 is 0.953 bits per heavy atom. The summed E-state index contributed by atoms with van der Waals surface area (Å²) in [7, 11) is -5.02. The molecule has 0 amide bonds. The van der Waals surface area contributed by atoms with Crippen LogP contribution in [-0.4, -0.2) is 30.1 Å². The molecule has 5 rings (SSSR count). The van der Waals surface area contributed by atoms with Crippen molar-refractivity contribution >= 4 is 44.2 Å². The molecule has 1 atom stereocenters. The van der Waals surface area contributed by atoms with Crippen LogP contribution in [0, 0.1) is 11.6 Å². The molecule has 7 nitrogen and oxygen atoms in total. The molecule has 0 aliphatic heterocycles. The van der Waals surface area contributed by atoms with Gasteiger partial charge in [-0.1, -0.05) is 48.0 Å². The highest BCUT2D eigenvalue weighted by atomic mass is 35.5.